The van der Waals surface area contributed by atoms with Crippen LogP contribution in [0.4, 0.5) is 8.78 Å². The maximum absolute atomic E-state index is 13.7. The fourth-order valence-corrected chi connectivity index (χ4v) is 2.04. The van der Waals surface area contributed by atoms with E-state index in [2.05, 4.69) is 4.98 Å². The molecule has 1 aromatic heterocycles. The summed E-state index contributed by atoms with van der Waals surface area (Å²) in [6.45, 7) is -0.112. The monoisotopic (exact) mass is 303 g/mol. The van der Waals surface area contributed by atoms with Crippen molar-refractivity contribution in [2.24, 2.45) is 12.2 Å². The Hall–Kier alpha value is -2.00. The summed E-state index contributed by atoms with van der Waals surface area (Å²) in [4.78, 5) is 3.17. The fourth-order valence-electron chi connectivity index (χ4n) is 1.51. The summed E-state index contributed by atoms with van der Waals surface area (Å²) >= 11 is 0. The third-order valence-corrected chi connectivity index (χ3v) is 3.47. The van der Waals surface area contributed by atoms with Gasteiger partial charge in [0, 0.05) is 7.05 Å². The fraction of sp³-hybridized carbons (Fsp3) is 0.182. The molecule has 0 aliphatic carbocycles. The highest BCUT2D eigenvalue weighted by atomic mass is 32.2. The first-order valence-corrected chi connectivity index (χ1v) is 6.93. The molecule has 0 atom stereocenters. The van der Waals surface area contributed by atoms with E-state index in [0.717, 1.165) is 0 Å². The number of ether oxygens (including phenoxy) is 1. The van der Waals surface area contributed by atoms with Crippen LogP contribution in [0, 0.1) is 11.6 Å². The van der Waals surface area contributed by atoms with Crippen LogP contribution in [0.1, 0.15) is 5.69 Å². The van der Waals surface area contributed by atoms with Gasteiger partial charge in [0.2, 0.25) is 10.0 Å². The van der Waals surface area contributed by atoms with Crippen molar-refractivity contribution in [3.8, 4) is 5.75 Å². The zero-order valence-corrected chi connectivity index (χ0v) is 11.2. The lowest BCUT2D eigenvalue weighted by Crippen LogP contribution is -2.13. The molecule has 9 heteroatoms. The molecule has 0 spiro atoms. The first-order valence-electron chi connectivity index (χ1n) is 5.39. The Kier molecular flexibility index (Phi) is 3.73. The van der Waals surface area contributed by atoms with Crippen LogP contribution in [0.2, 0.25) is 0 Å². The molecular weight excluding hydrogens is 292 g/mol. The van der Waals surface area contributed by atoms with Crippen molar-refractivity contribution in [3.05, 3.63) is 42.0 Å². The zero-order chi connectivity index (χ0) is 14.9. The maximum atomic E-state index is 13.7. The lowest BCUT2D eigenvalue weighted by atomic mass is 10.3. The number of rotatable bonds is 4. The summed E-state index contributed by atoms with van der Waals surface area (Å²) in [5.41, 5.74) is 0.597. The lowest BCUT2D eigenvalue weighted by Gasteiger charge is -2.09. The van der Waals surface area contributed by atoms with Crippen molar-refractivity contribution in [2.45, 2.75) is 11.5 Å². The molecule has 1 aromatic carbocycles. The van der Waals surface area contributed by atoms with E-state index < -0.39 is 32.3 Å². The molecular formula is C11H11F2N3O3S. The Labute approximate surface area is 113 Å². The smallest absolute Gasteiger partial charge is 0.238 e. The van der Waals surface area contributed by atoms with Crippen LogP contribution < -0.4 is 9.88 Å². The number of imidazole rings is 1. The summed E-state index contributed by atoms with van der Waals surface area (Å²) < 4.78 is 56.0. The molecule has 6 nitrogen and oxygen atoms in total. The second-order valence-corrected chi connectivity index (χ2v) is 5.61. The van der Waals surface area contributed by atoms with Gasteiger partial charge in [0.1, 0.15) is 6.61 Å². The van der Waals surface area contributed by atoms with Gasteiger partial charge in [-0.15, -0.1) is 0 Å². The number of nitrogens with two attached hydrogens (primary N) is 1. The molecule has 0 bridgehead atoms. The number of benzene rings is 1. The van der Waals surface area contributed by atoms with Gasteiger partial charge in [-0.1, -0.05) is 0 Å². The molecule has 2 aromatic rings. The van der Waals surface area contributed by atoms with Gasteiger partial charge < -0.3 is 9.30 Å². The minimum absolute atomic E-state index is 0.112. The van der Waals surface area contributed by atoms with Gasteiger partial charge in [0.25, 0.3) is 0 Å². The maximum Gasteiger partial charge on any atom is 0.238 e. The van der Waals surface area contributed by atoms with Gasteiger partial charge in [-0.3, -0.25) is 0 Å². The number of primary sulfonamides is 1. The number of aromatic nitrogens is 2. The Morgan fingerprint density at radius 3 is 2.40 bits per heavy atom. The van der Waals surface area contributed by atoms with Crippen molar-refractivity contribution in [1.29, 1.82) is 0 Å². The molecule has 0 unspecified atom stereocenters. The number of hydrogen-bond donors (Lipinski definition) is 1. The molecule has 0 aliphatic rings. The summed E-state index contributed by atoms with van der Waals surface area (Å²) in [6, 6.07) is 1.22. The lowest BCUT2D eigenvalue weighted by molar-refractivity contribution is 0.266. The molecule has 0 fully saturated rings. The zero-order valence-electron chi connectivity index (χ0n) is 10.4. The molecule has 20 heavy (non-hydrogen) atoms. The van der Waals surface area contributed by atoms with Crippen molar-refractivity contribution in [3.63, 3.8) is 0 Å². The number of nitrogens with zero attached hydrogens (tertiary/aromatic N) is 2. The van der Waals surface area contributed by atoms with Crippen LogP contribution in [0.25, 0.3) is 0 Å². The van der Waals surface area contributed by atoms with Crippen LogP contribution in [0.5, 0.6) is 5.75 Å². The summed E-state index contributed by atoms with van der Waals surface area (Å²) in [5.74, 6) is -2.95. The predicted octanol–water partition coefficient (Wildman–Crippen LogP) is 0.925. The van der Waals surface area contributed by atoms with Crippen LogP contribution in [0.3, 0.4) is 0 Å². The average Bonchev–Trinajstić information content (AvgIpc) is 2.72. The first-order chi connectivity index (χ1) is 9.29. The largest absolute Gasteiger partial charge is 0.481 e. The Bertz CT molecular complexity index is 720. The van der Waals surface area contributed by atoms with Crippen molar-refractivity contribution < 1.29 is 21.9 Å². The van der Waals surface area contributed by atoms with Crippen LogP contribution in [-0.2, 0) is 23.7 Å². The van der Waals surface area contributed by atoms with E-state index >= 15 is 0 Å². The van der Waals surface area contributed by atoms with E-state index in [-0.39, 0.29) is 6.61 Å². The molecule has 0 saturated carbocycles. The van der Waals surface area contributed by atoms with E-state index in [1.165, 1.54) is 12.5 Å². The number of sulfonamides is 1. The van der Waals surface area contributed by atoms with E-state index in [9.17, 15) is 17.2 Å². The van der Waals surface area contributed by atoms with Gasteiger partial charge in [-0.2, -0.15) is 0 Å². The summed E-state index contributed by atoms with van der Waals surface area (Å²) in [7, 11) is -2.48. The van der Waals surface area contributed by atoms with Crippen LogP contribution in [-0.4, -0.2) is 18.0 Å². The number of aryl methyl sites for hydroxylation is 1. The molecule has 2 rings (SSSR count). The number of halogens is 2. The van der Waals surface area contributed by atoms with Gasteiger partial charge in [0.05, 0.1) is 23.1 Å². The van der Waals surface area contributed by atoms with Crippen LogP contribution in [0.15, 0.2) is 29.6 Å². The van der Waals surface area contributed by atoms with Crippen LogP contribution >= 0.6 is 0 Å². The van der Waals surface area contributed by atoms with E-state index in [1.807, 2.05) is 0 Å². The van der Waals surface area contributed by atoms with Gasteiger partial charge >= 0.3 is 0 Å². The first kappa shape index (κ1) is 14.4. The molecule has 0 saturated heterocycles. The predicted molar refractivity (Wildman–Crippen MR) is 65.3 cm³/mol. The molecule has 108 valence electrons. The standard InChI is InChI=1S/C11H11F2N3O3S/c1-16-6-15-4-7(16)5-19-11-9(12)2-8(3-10(11)13)20(14,17)18/h2-4,6H,5H2,1H3,(H2,14,17,18). The molecule has 0 amide bonds. The van der Waals surface area contributed by atoms with Gasteiger partial charge in [-0.25, -0.2) is 27.3 Å². The van der Waals surface area contributed by atoms with E-state index in [4.69, 9.17) is 9.88 Å². The Balaban J connectivity index is 2.27. The highest BCUT2D eigenvalue weighted by molar-refractivity contribution is 7.89. The summed E-state index contributed by atoms with van der Waals surface area (Å²) in [6.07, 6.45) is 2.99. The SMILES string of the molecule is Cn1cncc1COc1c(F)cc(S(N)(=O)=O)cc1F. The molecule has 0 radical (unpaired) electrons. The molecule has 2 N–H and O–H groups in total. The normalized spacial score (nSPS) is 11.6. The van der Waals surface area contributed by atoms with E-state index in [1.54, 1.807) is 11.6 Å². The summed E-state index contributed by atoms with van der Waals surface area (Å²) in [5, 5.41) is 4.80. The van der Waals surface area contributed by atoms with Gasteiger partial charge in [-0.05, 0) is 12.1 Å². The highest BCUT2D eigenvalue weighted by Gasteiger charge is 2.18. The Morgan fingerprint density at radius 2 is 1.95 bits per heavy atom. The Morgan fingerprint density at radius 1 is 1.35 bits per heavy atom. The quantitative estimate of drug-likeness (QED) is 0.910. The second kappa shape index (κ2) is 5.17. The van der Waals surface area contributed by atoms with Crippen molar-refractivity contribution in [1.82, 2.24) is 9.55 Å². The minimum atomic E-state index is -4.18. The molecule has 1 heterocycles. The molecule has 0 aliphatic heterocycles. The highest BCUT2D eigenvalue weighted by Crippen LogP contribution is 2.25. The third-order valence-electron chi connectivity index (χ3n) is 2.58. The van der Waals surface area contributed by atoms with E-state index in [0.29, 0.717) is 17.8 Å². The number of hydrogen-bond acceptors (Lipinski definition) is 4. The van der Waals surface area contributed by atoms with Gasteiger partial charge in [0.15, 0.2) is 17.4 Å². The average molecular weight is 303 g/mol. The third kappa shape index (κ3) is 2.94. The van der Waals surface area contributed by atoms with Crippen molar-refractivity contribution >= 4 is 10.0 Å². The second-order valence-electron chi connectivity index (χ2n) is 4.05. The van der Waals surface area contributed by atoms with Crippen molar-refractivity contribution in [2.75, 3.05) is 0 Å². The minimum Gasteiger partial charge on any atom is -0.481 e. The topological polar surface area (TPSA) is 87.2 Å².